The Bertz CT molecular complexity index is 1230. The van der Waals surface area contributed by atoms with E-state index in [-0.39, 0.29) is 6.10 Å². The molecule has 2 unspecified atom stereocenters. The van der Waals surface area contributed by atoms with Crippen LogP contribution in [0.2, 0.25) is 0 Å². The molecule has 0 bridgehead atoms. The Labute approximate surface area is 219 Å². The highest BCUT2D eigenvalue weighted by molar-refractivity contribution is 5.76. The lowest BCUT2D eigenvalue weighted by Gasteiger charge is -2.22. The Morgan fingerprint density at radius 1 is 0.865 bits per heavy atom. The number of carboxylic acid groups (broad SMARTS) is 1. The molecule has 1 aliphatic carbocycles. The molecule has 0 amide bonds. The Morgan fingerprint density at radius 3 is 2.30 bits per heavy atom. The Balaban J connectivity index is 1.45. The van der Waals surface area contributed by atoms with Gasteiger partial charge in [-0.3, -0.25) is 0 Å². The van der Waals surface area contributed by atoms with Crippen LogP contribution in [0.3, 0.4) is 0 Å². The van der Waals surface area contributed by atoms with E-state index in [0.29, 0.717) is 19.6 Å². The molecule has 0 aromatic heterocycles. The van der Waals surface area contributed by atoms with Crippen molar-refractivity contribution in [3.8, 4) is 5.75 Å². The molecule has 1 aliphatic rings. The van der Waals surface area contributed by atoms with Crippen molar-refractivity contribution in [2.45, 2.75) is 51.7 Å². The molecule has 3 aromatic rings. The number of carbonyl (C=O) groups is 1. The largest absolute Gasteiger partial charge is 0.491 e. The van der Waals surface area contributed by atoms with E-state index < -0.39 is 12.1 Å². The second-order valence-corrected chi connectivity index (χ2v) is 9.37. The zero-order chi connectivity index (χ0) is 26.2. The number of benzene rings is 3. The van der Waals surface area contributed by atoms with Gasteiger partial charge in [0.1, 0.15) is 18.5 Å². The van der Waals surface area contributed by atoms with E-state index in [1.807, 2.05) is 24.3 Å². The average molecular weight is 501 g/mol. The van der Waals surface area contributed by atoms with Crippen molar-refractivity contribution in [2.24, 2.45) is 0 Å². The Hall–Kier alpha value is -3.41. The van der Waals surface area contributed by atoms with Gasteiger partial charge in [0.05, 0.1) is 6.61 Å². The molecule has 4 rings (SSSR count). The fourth-order valence-corrected chi connectivity index (χ4v) is 4.73. The molecular formula is C32H36O5. The fourth-order valence-electron chi connectivity index (χ4n) is 4.73. The van der Waals surface area contributed by atoms with Crippen LogP contribution in [0.15, 0.2) is 60.7 Å². The third-order valence-electron chi connectivity index (χ3n) is 6.80. The summed E-state index contributed by atoms with van der Waals surface area (Å²) in [6.07, 6.45) is 6.82. The molecule has 2 atom stereocenters. The van der Waals surface area contributed by atoms with Gasteiger partial charge in [-0.15, -0.1) is 0 Å². The van der Waals surface area contributed by atoms with E-state index >= 15 is 0 Å². The topological polar surface area (TPSA) is 65.0 Å². The standard InChI is InChI=1S/C32H36O5/c1-4-6-23-7-11-25-12-13-26-19-22(5-2)10-16-28(26)31(29(25)20-23)37-18-17-36-27-14-8-24(9-15-27)21-30(35-3)32(33)34/h7-16,19-20,30-31H,4-6,17-18,21H2,1-3H3,(H,33,34). The maximum atomic E-state index is 11.2. The zero-order valence-electron chi connectivity index (χ0n) is 21.9. The molecule has 0 saturated heterocycles. The summed E-state index contributed by atoms with van der Waals surface area (Å²) in [6, 6.07) is 20.8. The van der Waals surface area contributed by atoms with Gasteiger partial charge in [-0.05, 0) is 63.9 Å². The third kappa shape index (κ3) is 6.68. The first-order valence-corrected chi connectivity index (χ1v) is 13.0. The normalized spacial score (nSPS) is 14.9. The number of aryl methyl sites for hydroxylation is 2. The summed E-state index contributed by atoms with van der Waals surface area (Å²) in [4.78, 5) is 11.2. The Morgan fingerprint density at radius 2 is 1.59 bits per heavy atom. The minimum Gasteiger partial charge on any atom is -0.491 e. The number of carboxylic acids is 1. The van der Waals surface area contributed by atoms with Gasteiger partial charge >= 0.3 is 5.97 Å². The molecule has 0 aliphatic heterocycles. The summed E-state index contributed by atoms with van der Waals surface area (Å²) in [6.45, 7) is 5.22. The number of methoxy groups -OCH3 is 1. The lowest BCUT2D eigenvalue weighted by Crippen LogP contribution is -2.24. The second kappa shape index (κ2) is 12.7. The molecule has 1 N–H and O–H groups in total. The first-order chi connectivity index (χ1) is 18.0. The van der Waals surface area contributed by atoms with Crippen molar-refractivity contribution in [2.75, 3.05) is 20.3 Å². The quantitative estimate of drug-likeness (QED) is 0.287. The number of aliphatic carboxylic acids is 1. The molecule has 5 nitrogen and oxygen atoms in total. The van der Waals surface area contributed by atoms with Gasteiger partial charge in [-0.25, -0.2) is 4.79 Å². The minimum atomic E-state index is -0.968. The predicted octanol–water partition coefficient (Wildman–Crippen LogP) is 6.51. The van der Waals surface area contributed by atoms with Gasteiger partial charge in [-0.1, -0.05) is 81.0 Å². The van der Waals surface area contributed by atoms with Gasteiger partial charge in [-0.2, -0.15) is 0 Å². The van der Waals surface area contributed by atoms with Gasteiger partial charge < -0.3 is 19.3 Å². The minimum absolute atomic E-state index is 0.171. The van der Waals surface area contributed by atoms with Crippen molar-refractivity contribution < 1.29 is 24.1 Å². The highest BCUT2D eigenvalue weighted by Crippen LogP contribution is 2.36. The lowest BCUT2D eigenvalue weighted by molar-refractivity contribution is -0.148. The summed E-state index contributed by atoms with van der Waals surface area (Å²) in [5.74, 6) is -0.248. The van der Waals surface area contributed by atoms with Crippen LogP contribution in [0.4, 0.5) is 0 Å². The molecule has 37 heavy (non-hydrogen) atoms. The van der Waals surface area contributed by atoms with Crippen LogP contribution in [0, 0.1) is 0 Å². The molecular weight excluding hydrogens is 464 g/mol. The molecule has 0 saturated carbocycles. The van der Waals surface area contributed by atoms with E-state index in [0.717, 1.165) is 30.6 Å². The van der Waals surface area contributed by atoms with Gasteiger partial charge in [0, 0.05) is 13.5 Å². The van der Waals surface area contributed by atoms with Crippen molar-refractivity contribution in [3.63, 3.8) is 0 Å². The summed E-state index contributed by atoms with van der Waals surface area (Å²) < 4.78 is 17.5. The van der Waals surface area contributed by atoms with Crippen LogP contribution < -0.4 is 4.74 Å². The average Bonchev–Trinajstić information content (AvgIpc) is 3.06. The van der Waals surface area contributed by atoms with Crippen molar-refractivity contribution in [1.29, 1.82) is 0 Å². The molecule has 0 heterocycles. The summed E-state index contributed by atoms with van der Waals surface area (Å²) in [5, 5.41) is 9.18. The van der Waals surface area contributed by atoms with E-state index in [1.165, 1.54) is 40.5 Å². The summed E-state index contributed by atoms with van der Waals surface area (Å²) >= 11 is 0. The number of hydrogen-bond donors (Lipinski definition) is 1. The van der Waals surface area contributed by atoms with Crippen molar-refractivity contribution >= 4 is 18.1 Å². The van der Waals surface area contributed by atoms with Crippen LogP contribution >= 0.6 is 0 Å². The van der Waals surface area contributed by atoms with Crippen LogP contribution in [-0.2, 0) is 33.5 Å². The zero-order valence-corrected chi connectivity index (χ0v) is 21.9. The fraction of sp³-hybridized carbons (Fsp3) is 0.344. The van der Waals surface area contributed by atoms with Crippen molar-refractivity contribution in [3.05, 3.63) is 99.6 Å². The van der Waals surface area contributed by atoms with Crippen LogP contribution in [0.1, 0.15) is 65.3 Å². The predicted molar refractivity (Wildman–Crippen MR) is 147 cm³/mol. The van der Waals surface area contributed by atoms with E-state index in [9.17, 15) is 9.90 Å². The highest BCUT2D eigenvalue weighted by atomic mass is 16.5. The monoisotopic (exact) mass is 500 g/mol. The first-order valence-electron chi connectivity index (χ1n) is 13.0. The smallest absolute Gasteiger partial charge is 0.333 e. The molecule has 194 valence electrons. The third-order valence-corrected chi connectivity index (χ3v) is 6.80. The number of fused-ring (bicyclic) bond motifs is 2. The SMILES string of the molecule is CCCc1ccc2c(c1)C(OCCOc1ccc(CC(OC)C(=O)O)cc1)c1ccc(CC)cc1C=C2. The molecule has 5 heteroatoms. The van der Waals surface area contributed by atoms with Crippen LogP contribution in [0.25, 0.3) is 12.2 Å². The summed E-state index contributed by atoms with van der Waals surface area (Å²) in [5.41, 5.74) is 8.28. The molecule has 0 radical (unpaired) electrons. The van der Waals surface area contributed by atoms with Gasteiger partial charge in [0.2, 0.25) is 0 Å². The maximum absolute atomic E-state index is 11.2. The first kappa shape index (κ1) is 26.6. The highest BCUT2D eigenvalue weighted by Gasteiger charge is 2.23. The van der Waals surface area contributed by atoms with Gasteiger partial charge in [0.15, 0.2) is 6.10 Å². The number of rotatable bonds is 12. The van der Waals surface area contributed by atoms with E-state index in [2.05, 4.69) is 62.4 Å². The lowest BCUT2D eigenvalue weighted by atomic mass is 9.93. The maximum Gasteiger partial charge on any atom is 0.333 e. The number of hydrogen-bond acceptors (Lipinski definition) is 4. The van der Waals surface area contributed by atoms with E-state index in [1.54, 1.807) is 0 Å². The van der Waals surface area contributed by atoms with Crippen LogP contribution in [-0.4, -0.2) is 37.5 Å². The molecule has 0 spiro atoms. The van der Waals surface area contributed by atoms with Crippen molar-refractivity contribution in [1.82, 2.24) is 0 Å². The van der Waals surface area contributed by atoms with Crippen LogP contribution in [0.5, 0.6) is 5.75 Å². The van der Waals surface area contributed by atoms with E-state index in [4.69, 9.17) is 14.2 Å². The van der Waals surface area contributed by atoms with Gasteiger partial charge in [0.25, 0.3) is 0 Å². The molecule has 0 fully saturated rings. The number of ether oxygens (including phenoxy) is 3. The summed E-state index contributed by atoms with van der Waals surface area (Å²) in [7, 11) is 1.41. The Kier molecular flexibility index (Phi) is 9.15. The second-order valence-electron chi connectivity index (χ2n) is 9.37. The molecule has 3 aromatic carbocycles.